The Kier molecular flexibility index (Phi) is 19.2. The molecule has 0 amide bonds. The van der Waals surface area contributed by atoms with E-state index in [-0.39, 0.29) is 0 Å². The average molecular weight is 341 g/mol. The summed E-state index contributed by atoms with van der Waals surface area (Å²) in [5, 5.41) is 0. The normalized spacial score (nSPS) is 11.8. The Morgan fingerprint density at radius 1 is 0.417 bits per heavy atom. The molecule has 0 aromatic carbocycles. The van der Waals surface area contributed by atoms with E-state index in [1.807, 2.05) is 0 Å². The maximum atomic E-state index is 2.76. The quantitative estimate of drug-likeness (QED) is 0.253. The summed E-state index contributed by atoms with van der Waals surface area (Å²) in [6, 6.07) is 0. The van der Waals surface area contributed by atoms with Crippen molar-refractivity contribution in [2.45, 2.75) is 104 Å². The summed E-state index contributed by atoms with van der Waals surface area (Å²) in [5.74, 6) is 0. The summed E-state index contributed by atoms with van der Waals surface area (Å²) < 4.78 is 0. The van der Waals surface area contributed by atoms with Crippen molar-refractivity contribution in [1.82, 2.24) is 9.80 Å². The summed E-state index contributed by atoms with van der Waals surface area (Å²) in [7, 11) is 4.37. The second-order valence-electron chi connectivity index (χ2n) is 7.89. The predicted molar refractivity (Wildman–Crippen MR) is 111 cm³/mol. The molecule has 0 saturated carbocycles. The van der Waals surface area contributed by atoms with Crippen molar-refractivity contribution in [3.8, 4) is 0 Å². The lowest BCUT2D eigenvalue weighted by Gasteiger charge is -2.23. The molecule has 2 nitrogen and oxygen atoms in total. The summed E-state index contributed by atoms with van der Waals surface area (Å²) in [5.41, 5.74) is 0. The van der Waals surface area contributed by atoms with Crippen LogP contribution >= 0.6 is 0 Å². The van der Waals surface area contributed by atoms with Crippen LogP contribution in [0.1, 0.15) is 104 Å². The second kappa shape index (κ2) is 19.2. The zero-order chi connectivity index (χ0) is 17.9. The minimum atomic E-state index is 1.24. The van der Waals surface area contributed by atoms with E-state index in [2.05, 4.69) is 37.7 Å². The standard InChI is InChI=1S/C22H48N2/c1-5-7-9-11-13-15-20-24(22-18-17-19-23(3)4)21-16-14-12-10-8-6-2/h5-22H2,1-4H3. The van der Waals surface area contributed by atoms with Gasteiger partial charge in [-0.15, -0.1) is 0 Å². The van der Waals surface area contributed by atoms with E-state index in [0.717, 1.165) is 0 Å². The summed E-state index contributed by atoms with van der Waals surface area (Å²) in [4.78, 5) is 5.07. The van der Waals surface area contributed by atoms with Crippen molar-refractivity contribution >= 4 is 0 Å². The van der Waals surface area contributed by atoms with E-state index in [1.54, 1.807) is 0 Å². The number of nitrogens with zero attached hydrogens (tertiary/aromatic N) is 2. The molecule has 146 valence electrons. The molecule has 0 heterocycles. The first kappa shape index (κ1) is 23.9. The molecule has 0 radical (unpaired) electrons. The molecule has 0 aromatic rings. The van der Waals surface area contributed by atoms with Gasteiger partial charge in [0.05, 0.1) is 0 Å². The van der Waals surface area contributed by atoms with Crippen molar-refractivity contribution in [3.63, 3.8) is 0 Å². The molecule has 0 aromatic heterocycles. The number of unbranched alkanes of at least 4 members (excludes halogenated alkanes) is 11. The third kappa shape index (κ3) is 18.3. The lowest BCUT2D eigenvalue weighted by molar-refractivity contribution is 0.250. The van der Waals surface area contributed by atoms with Crippen LogP contribution in [0.5, 0.6) is 0 Å². The van der Waals surface area contributed by atoms with Crippen LogP contribution in [0.4, 0.5) is 0 Å². The summed E-state index contributed by atoms with van der Waals surface area (Å²) >= 11 is 0. The number of hydrogen-bond acceptors (Lipinski definition) is 2. The zero-order valence-electron chi connectivity index (χ0n) is 17.6. The highest BCUT2D eigenvalue weighted by Crippen LogP contribution is 2.09. The third-order valence-corrected chi connectivity index (χ3v) is 4.99. The molecular weight excluding hydrogens is 292 g/mol. The molecule has 0 rings (SSSR count). The van der Waals surface area contributed by atoms with E-state index in [0.29, 0.717) is 0 Å². The van der Waals surface area contributed by atoms with Gasteiger partial charge in [0.25, 0.3) is 0 Å². The van der Waals surface area contributed by atoms with Crippen LogP contribution in [-0.4, -0.2) is 50.1 Å². The molecular formula is C22H48N2. The van der Waals surface area contributed by atoms with Gasteiger partial charge in [-0.25, -0.2) is 0 Å². The topological polar surface area (TPSA) is 6.48 Å². The van der Waals surface area contributed by atoms with E-state index in [9.17, 15) is 0 Å². The van der Waals surface area contributed by atoms with Gasteiger partial charge < -0.3 is 9.80 Å². The van der Waals surface area contributed by atoms with Crippen LogP contribution in [0, 0.1) is 0 Å². The molecule has 0 spiro atoms. The molecule has 0 N–H and O–H groups in total. The van der Waals surface area contributed by atoms with Crippen molar-refractivity contribution in [3.05, 3.63) is 0 Å². The van der Waals surface area contributed by atoms with Gasteiger partial charge in [0.15, 0.2) is 0 Å². The molecule has 0 aliphatic rings. The molecule has 0 atom stereocenters. The Morgan fingerprint density at radius 2 is 0.750 bits per heavy atom. The monoisotopic (exact) mass is 340 g/mol. The molecule has 0 aliphatic carbocycles. The highest BCUT2D eigenvalue weighted by atomic mass is 15.1. The first-order chi connectivity index (χ1) is 11.7. The molecule has 2 heteroatoms. The van der Waals surface area contributed by atoms with Crippen molar-refractivity contribution in [2.24, 2.45) is 0 Å². The maximum absolute atomic E-state index is 2.76. The first-order valence-electron chi connectivity index (χ1n) is 11.1. The highest BCUT2D eigenvalue weighted by molar-refractivity contribution is 4.60. The van der Waals surface area contributed by atoms with Gasteiger partial charge in [0, 0.05) is 0 Å². The fourth-order valence-electron chi connectivity index (χ4n) is 3.33. The van der Waals surface area contributed by atoms with E-state index < -0.39 is 0 Å². The van der Waals surface area contributed by atoms with Crippen molar-refractivity contribution in [2.75, 3.05) is 40.3 Å². The molecule has 0 unspecified atom stereocenters. The smallest absolute Gasteiger partial charge is 0.00183 e. The highest BCUT2D eigenvalue weighted by Gasteiger charge is 2.05. The van der Waals surface area contributed by atoms with Gasteiger partial charge in [-0.05, 0) is 66.0 Å². The molecule has 0 saturated heterocycles. The molecule has 0 aliphatic heterocycles. The number of hydrogen-bond donors (Lipinski definition) is 0. The van der Waals surface area contributed by atoms with Crippen LogP contribution in [0.25, 0.3) is 0 Å². The lowest BCUT2D eigenvalue weighted by atomic mass is 10.1. The third-order valence-electron chi connectivity index (χ3n) is 4.99. The van der Waals surface area contributed by atoms with Crippen LogP contribution in [-0.2, 0) is 0 Å². The molecule has 24 heavy (non-hydrogen) atoms. The maximum Gasteiger partial charge on any atom is -0.00183 e. The van der Waals surface area contributed by atoms with Crippen LogP contribution in [0.3, 0.4) is 0 Å². The van der Waals surface area contributed by atoms with E-state index >= 15 is 0 Å². The Morgan fingerprint density at radius 3 is 1.17 bits per heavy atom. The largest absolute Gasteiger partial charge is 0.309 e. The predicted octanol–water partition coefficient (Wildman–Crippen LogP) is 6.35. The van der Waals surface area contributed by atoms with E-state index in [1.165, 1.54) is 116 Å². The average Bonchev–Trinajstić information content (AvgIpc) is 2.56. The van der Waals surface area contributed by atoms with Crippen LogP contribution in [0.15, 0.2) is 0 Å². The van der Waals surface area contributed by atoms with Crippen LogP contribution in [0.2, 0.25) is 0 Å². The van der Waals surface area contributed by atoms with Gasteiger partial charge >= 0.3 is 0 Å². The van der Waals surface area contributed by atoms with Crippen LogP contribution < -0.4 is 0 Å². The van der Waals surface area contributed by atoms with Gasteiger partial charge in [0.1, 0.15) is 0 Å². The summed E-state index contributed by atoms with van der Waals surface area (Å²) in [6.45, 7) is 9.83. The second-order valence-corrected chi connectivity index (χ2v) is 7.89. The zero-order valence-corrected chi connectivity index (χ0v) is 17.6. The van der Waals surface area contributed by atoms with Crippen molar-refractivity contribution < 1.29 is 0 Å². The van der Waals surface area contributed by atoms with Gasteiger partial charge in [-0.1, -0.05) is 78.1 Å². The van der Waals surface area contributed by atoms with Gasteiger partial charge in [-0.3, -0.25) is 0 Å². The Hall–Kier alpha value is -0.0800. The lowest BCUT2D eigenvalue weighted by Crippen LogP contribution is -2.28. The van der Waals surface area contributed by atoms with Crippen molar-refractivity contribution in [1.29, 1.82) is 0 Å². The Labute approximate surface area is 154 Å². The SMILES string of the molecule is CCCCCCCCN(CCCCCCCC)CCCCN(C)C. The fourth-order valence-corrected chi connectivity index (χ4v) is 3.33. The van der Waals surface area contributed by atoms with Gasteiger partial charge in [-0.2, -0.15) is 0 Å². The fraction of sp³-hybridized carbons (Fsp3) is 1.00. The van der Waals surface area contributed by atoms with Gasteiger partial charge in [0.2, 0.25) is 0 Å². The number of rotatable bonds is 19. The Balaban J connectivity index is 3.78. The van der Waals surface area contributed by atoms with E-state index in [4.69, 9.17) is 0 Å². The Bertz CT molecular complexity index is 212. The minimum Gasteiger partial charge on any atom is -0.309 e. The molecule has 0 bridgehead atoms. The summed E-state index contributed by atoms with van der Waals surface area (Å²) in [6.07, 6.45) is 19.7. The first-order valence-corrected chi connectivity index (χ1v) is 11.1. The minimum absolute atomic E-state index is 1.24. The molecule has 0 fully saturated rings.